The number of hydrogen-bond acceptors (Lipinski definition) is 3. The molecule has 0 N–H and O–H groups in total. The Morgan fingerprint density at radius 1 is 0.667 bits per heavy atom. The van der Waals surface area contributed by atoms with Crippen molar-refractivity contribution in [2.45, 2.75) is 54.3 Å². The quantitative estimate of drug-likeness (QED) is 0.301. The van der Waals surface area contributed by atoms with Crippen LogP contribution in [-0.2, 0) is 14.7 Å². The Hall–Kier alpha value is -0.960. The summed E-state index contributed by atoms with van der Waals surface area (Å²) >= 11 is 0. The first-order valence-corrected chi connectivity index (χ1v) is 3.67. The number of alkyl halides is 11. The van der Waals surface area contributed by atoms with Gasteiger partial charge in [0.15, 0.2) is 0 Å². The molecule has 0 aliphatic rings. The normalized spacial score (nSPS) is 11.5. The summed E-state index contributed by atoms with van der Waals surface area (Å²) in [6.07, 6.45) is -17.6. The minimum atomic E-state index is -6.53. The van der Waals surface area contributed by atoms with Crippen molar-refractivity contribution in [3.63, 3.8) is 0 Å². The van der Waals surface area contributed by atoms with Crippen molar-refractivity contribution in [2.75, 3.05) is 6.86 Å². The monoisotopic (exact) mass is 402 g/mol. The van der Waals surface area contributed by atoms with Gasteiger partial charge >= 0.3 is 24.6 Å². The third kappa shape index (κ3) is 13.5. The Kier molecular flexibility index (Phi) is 21.4. The first kappa shape index (κ1) is 38.5. The fraction of sp³-hybridized carbons (Fsp3) is 1.00. The lowest BCUT2D eigenvalue weighted by molar-refractivity contribution is -0.519. The summed E-state index contributed by atoms with van der Waals surface area (Å²) in [6, 6.07) is 0. The molecule has 3 nitrogen and oxygen atoms in total. The van der Waals surface area contributed by atoms with Crippen LogP contribution < -0.4 is 0 Å². The predicted molar refractivity (Wildman–Crippen MR) is 59.3 cm³/mol. The summed E-state index contributed by atoms with van der Waals surface area (Å²) in [4.78, 5) is 6.41. The van der Waals surface area contributed by atoms with E-state index < -0.39 is 31.4 Å². The van der Waals surface area contributed by atoms with Gasteiger partial charge in [-0.2, -0.15) is 40.5 Å². The van der Waals surface area contributed by atoms with Crippen molar-refractivity contribution in [1.29, 1.82) is 0 Å². The molecular weight excluding hydrogens is 384 g/mol. The summed E-state index contributed by atoms with van der Waals surface area (Å²) in [5, 5.41) is 0. The molecule has 0 aromatic carbocycles. The SMILES string of the molecule is C.C.C.C.FCOOC(F)(F)C(F)(F)C(F)(F)F.FOC(F)(F)F. The van der Waals surface area contributed by atoms with Crippen LogP contribution in [0.4, 0.5) is 52.8 Å². The van der Waals surface area contributed by atoms with E-state index >= 15 is 0 Å². The Balaban J connectivity index is -0.0000000710. The summed E-state index contributed by atoms with van der Waals surface area (Å²) in [6.45, 7) is -2.09. The molecule has 15 heteroatoms. The van der Waals surface area contributed by atoms with Crippen LogP contribution in [0, 0.1) is 0 Å². The Morgan fingerprint density at radius 2 is 0.958 bits per heavy atom. The van der Waals surface area contributed by atoms with Crippen LogP contribution in [0.2, 0.25) is 0 Å². The van der Waals surface area contributed by atoms with E-state index in [0.29, 0.717) is 0 Å². The summed E-state index contributed by atoms with van der Waals surface area (Å²) < 4.78 is 133. The lowest BCUT2D eigenvalue weighted by atomic mass is 10.3. The summed E-state index contributed by atoms with van der Waals surface area (Å²) in [5.41, 5.74) is 0. The van der Waals surface area contributed by atoms with Gasteiger partial charge in [0.05, 0.1) is 0 Å². The molecule has 0 radical (unpaired) electrons. The van der Waals surface area contributed by atoms with Crippen LogP contribution in [0.15, 0.2) is 0 Å². The van der Waals surface area contributed by atoms with Gasteiger partial charge in [-0.1, -0.05) is 34.6 Å². The van der Waals surface area contributed by atoms with Crippen LogP contribution in [0.1, 0.15) is 29.7 Å². The van der Waals surface area contributed by atoms with Crippen molar-refractivity contribution < 1.29 is 67.5 Å². The van der Waals surface area contributed by atoms with E-state index in [9.17, 15) is 52.8 Å². The third-order valence-corrected chi connectivity index (χ3v) is 1.02. The second-order valence-corrected chi connectivity index (χ2v) is 2.42. The molecule has 156 valence electrons. The van der Waals surface area contributed by atoms with Crippen LogP contribution in [0.3, 0.4) is 0 Å². The molecule has 0 heterocycles. The Morgan fingerprint density at radius 3 is 1.12 bits per heavy atom. The van der Waals surface area contributed by atoms with Gasteiger partial charge in [-0.05, 0) is 4.53 Å². The van der Waals surface area contributed by atoms with Crippen LogP contribution in [-0.4, -0.2) is 31.4 Å². The van der Waals surface area contributed by atoms with Gasteiger partial charge in [-0.25, -0.2) is 4.39 Å². The lowest BCUT2D eigenvalue weighted by Gasteiger charge is -2.25. The summed E-state index contributed by atoms with van der Waals surface area (Å²) in [7, 11) is 0. The molecule has 0 rings (SSSR count). The third-order valence-electron chi connectivity index (χ3n) is 1.02. The molecule has 0 fully saturated rings. The van der Waals surface area contributed by atoms with Crippen molar-refractivity contribution in [1.82, 2.24) is 0 Å². The van der Waals surface area contributed by atoms with E-state index in [1.807, 2.05) is 0 Å². The van der Waals surface area contributed by atoms with Gasteiger partial charge in [0, 0.05) is 0 Å². The molecule has 0 aliphatic carbocycles. The molecule has 0 atom stereocenters. The van der Waals surface area contributed by atoms with Gasteiger partial charge in [0.1, 0.15) is 0 Å². The largest absolute Gasteiger partial charge is 0.553 e. The maximum atomic E-state index is 11.9. The van der Waals surface area contributed by atoms with E-state index in [0.717, 1.165) is 0 Å². The molecule has 0 bridgehead atoms. The molecule has 0 unspecified atom stereocenters. The maximum Gasteiger partial charge on any atom is 0.553 e. The van der Waals surface area contributed by atoms with Crippen molar-refractivity contribution in [3.05, 3.63) is 0 Å². The second-order valence-electron chi connectivity index (χ2n) is 2.42. The Labute approximate surface area is 130 Å². The lowest BCUT2D eigenvalue weighted by Crippen LogP contribution is -2.53. The van der Waals surface area contributed by atoms with Crippen molar-refractivity contribution in [3.8, 4) is 0 Å². The van der Waals surface area contributed by atoms with E-state index in [2.05, 4.69) is 9.78 Å². The first-order valence-electron chi connectivity index (χ1n) is 3.67. The van der Waals surface area contributed by atoms with E-state index in [4.69, 9.17) is 0 Å². The highest BCUT2D eigenvalue weighted by Gasteiger charge is 2.75. The highest BCUT2D eigenvalue weighted by Crippen LogP contribution is 2.46. The minimum absolute atomic E-state index is 0. The highest BCUT2D eigenvalue weighted by atomic mass is 19.5. The van der Waals surface area contributed by atoms with E-state index in [-0.39, 0.29) is 29.7 Å². The molecule has 0 spiro atoms. The molecule has 0 aliphatic heterocycles. The van der Waals surface area contributed by atoms with Gasteiger partial charge in [0.2, 0.25) is 6.86 Å². The molecular formula is C9H18F12O3. The van der Waals surface area contributed by atoms with E-state index in [1.54, 1.807) is 0 Å². The molecule has 0 aromatic heterocycles. The number of halogens is 12. The fourth-order valence-electron chi connectivity index (χ4n) is 0.314. The fourth-order valence-corrected chi connectivity index (χ4v) is 0.314. The molecule has 0 saturated carbocycles. The average Bonchev–Trinajstić information content (AvgIpc) is 2.24. The minimum Gasteiger partial charge on any atom is -0.217 e. The van der Waals surface area contributed by atoms with Crippen molar-refractivity contribution >= 4 is 0 Å². The zero-order valence-corrected chi connectivity index (χ0v) is 8.47. The maximum absolute atomic E-state index is 11.9. The van der Waals surface area contributed by atoms with Gasteiger partial charge in [-0.15, -0.1) is 13.2 Å². The molecule has 0 amide bonds. The highest BCUT2D eigenvalue weighted by molar-refractivity contribution is 4.83. The zero-order valence-electron chi connectivity index (χ0n) is 8.47. The molecule has 0 saturated heterocycles. The summed E-state index contributed by atoms with van der Waals surface area (Å²) in [5.74, 6) is -6.46. The topological polar surface area (TPSA) is 27.7 Å². The van der Waals surface area contributed by atoms with E-state index in [1.165, 1.54) is 4.94 Å². The molecule has 0 aromatic rings. The first-order chi connectivity index (χ1) is 8.62. The predicted octanol–water partition coefficient (Wildman–Crippen LogP) is 6.60. The zero-order chi connectivity index (χ0) is 16.8. The number of hydrogen-bond donors (Lipinski definition) is 0. The van der Waals surface area contributed by atoms with Gasteiger partial charge < -0.3 is 0 Å². The van der Waals surface area contributed by atoms with Gasteiger partial charge in [-0.3, -0.25) is 0 Å². The number of rotatable bonds is 4. The molecule has 24 heavy (non-hydrogen) atoms. The van der Waals surface area contributed by atoms with Crippen LogP contribution in [0.5, 0.6) is 0 Å². The smallest absolute Gasteiger partial charge is 0.217 e. The standard InChI is InChI=1S/C4H2F8O2.CF4O.4CH4/c5-1-13-14-4(11,12)2(6,7)3(8,9)10;2-1(3,4)6-5;;;;/h1H2;;4*1H4. The van der Waals surface area contributed by atoms with Crippen LogP contribution >= 0.6 is 0 Å². The van der Waals surface area contributed by atoms with Gasteiger partial charge in [0.25, 0.3) is 0 Å². The average molecular weight is 402 g/mol. The van der Waals surface area contributed by atoms with Crippen molar-refractivity contribution in [2.24, 2.45) is 0 Å². The Bertz CT molecular complexity index is 276. The van der Waals surface area contributed by atoms with Crippen LogP contribution in [0.25, 0.3) is 0 Å². The second kappa shape index (κ2) is 13.3.